The van der Waals surface area contributed by atoms with Crippen molar-refractivity contribution in [2.75, 3.05) is 24.8 Å². The Labute approximate surface area is 145 Å². The van der Waals surface area contributed by atoms with E-state index in [-0.39, 0.29) is 11.8 Å². The molecule has 2 heterocycles. The molecule has 6 nitrogen and oxygen atoms in total. The Morgan fingerprint density at radius 3 is 2.96 bits per heavy atom. The maximum atomic E-state index is 12.1. The highest BCUT2D eigenvalue weighted by Gasteiger charge is 2.32. The number of nitrogens with one attached hydrogen (secondary N) is 1. The highest BCUT2D eigenvalue weighted by Crippen LogP contribution is 2.46. The van der Waals surface area contributed by atoms with Crippen LogP contribution in [0, 0.1) is 5.92 Å². The maximum Gasteiger partial charge on any atom is 0.226 e. The number of ether oxygens (including phenoxy) is 2. The van der Waals surface area contributed by atoms with Crippen molar-refractivity contribution in [3.63, 3.8) is 0 Å². The first-order valence-corrected chi connectivity index (χ1v) is 8.67. The van der Waals surface area contributed by atoms with Crippen molar-refractivity contribution in [3.05, 3.63) is 28.6 Å². The molecule has 128 valence electrons. The van der Waals surface area contributed by atoms with Crippen molar-refractivity contribution < 1.29 is 14.3 Å². The summed E-state index contributed by atoms with van der Waals surface area (Å²) in [6.07, 6.45) is 0.333. The second-order valence-electron chi connectivity index (χ2n) is 6.15. The van der Waals surface area contributed by atoms with Crippen LogP contribution in [0.25, 0.3) is 0 Å². The van der Waals surface area contributed by atoms with Gasteiger partial charge in [-0.05, 0) is 12.0 Å². The van der Waals surface area contributed by atoms with E-state index in [4.69, 9.17) is 15.2 Å². The number of nitrogens with two attached hydrogens (primary N) is 1. The van der Waals surface area contributed by atoms with Crippen LogP contribution in [0.4, 0.5) is 10.9 Å². The number of aromatic nitrogens is 1. The predicted octanol–water partition coefficient (Wildman–Crippen LogP) is 3.24. The van der Waals surface area contributed by atoms with Crippen molar-refractivity contribution in [2.45, 2.75) is 26.2 Å². The van der Waals surface area contributed by atoms with Gasteiger partial charge in [-0.15, -0.1) is 0 Å². The molecule has 1 aliphatic rings. The molecule has 1 aromatic carbocycles. The summed E-state index contributed by atoms with van der Waals surface area (Å²) in [5.41, 5.74) is 6.76. The highest BCUT2D eigenvalue weighted by atomic mass is 32.1. The van der Waals surface area contributed by atoms with E-state index in [1.54, 1.807) is 7.11 Å². The van der Waals surface area contributed by atoms with Gasteiger partial charge in [0.05, 0.1) is 18.6 Å². The average molecular weight is 347 g/mol. The number of anilines is 2. The number of amides is 1. The van der Waals surface area contributed by atoms with E-state index in [2.05, 4.69) is 24.1 Å². The predicted molar refractivity (Wildman–Crippen MR) is 94.9 cm³/mol. The Bertz CT molecular complexity index is 758. The number of hydrogen-bond donors (Lipinski definition) is 2. The van der Waals surface area contributed by atoms with Gasteiger partial charge in [-0.25, -0.2) is 4.98 Å². The van der Waals surface area contributed by atoms with Crippen LogP contribution >= 0.6 is 11.3 Å². The lowest BCUT2D eigenvalue weighted by Crippen LogP contribution is -2.23. The van der Waals surface area contributed by atoms with E-state index < -0.39 is 0 Å². The minimum absolute atomic E-state index is 0.0737. The van der Waals surface area contributed by atoms with Crippen LogP contribution in [0.15, 0.2) is 18.2 Å². The topological polar surface area (TPSA) is 86.5 Å². The molecular weight excluding hydrogens is 326 g/mol. The molecule has 0 saturated carbocycles. The van der Waals surface area contributed by atoms with Crippen molar-refractivity contribution in [1.82, 2.24) is 4.98 Å². The summed E-state index contributed by atoms with van der Waals surface area (Å²) in [5, 5.41) is 3.23. The standard InChI is InChI=1S/C17H21N3O3S/c1-9(2)8-23-14-10(5-4-6-12(14)22-3)11-7-13(21)19-16-15(11)24-17(18)20-16/h4-6,9,11H,7-8H2,1-3H3,(H2,18,20)(H,19,21)/t11-/m0/s1. The third kappa shape index (κ3) is 3.17. The molecule has 0 bridgehead atoms. The van der Waals surface area contributed by atoms with E-state index >= 15 is 0 Å². The van der Waals surface area contributed by atoms with Gasteiger partial charge in [0.1, 0.15) is 5.82 Å². The first-order valence-electron chi connectivity index (χ1n) is 7.85. The lowest BCUT2D eigenvalue weighted by molar-refractivity contribution is -0.116. The second kappa shape index (κ2) is 6.68. The zero-order valence-corrected chi connectivity index (χ0v) is 14.8. The van der Waals surface area contributed by atoms with Gasteiger partial charge in [-0.1, -0.05) is 37.3 Å². The van der Waals surface area contributed by atoms with Gasteiger partial charge in [0.2, 0.25) is 5.91 Å². The summed E-state index contributed by atoms with van der Waals surface area (Å²) in [4.78, 5) is 17.3. The molecule has 1 aliphatic heterocycles. The highest BCUT2D eigenvalue weighted by molar-refractivity contribution is 7.16. The Morgan fingerprint density at radius 2 is 2.25 bits per heavy atom. The maximum absolute atomic E-state index is 12.1. The molecule has 2 aromatic rings. The van der Waals surface area contributed by atoms with E-state index in [1.807, 2.05) is 18.2 Å². The fraction of sp³-hybridized carbons (Fsp3) is 0.412. The molecule has 1 aromatic heterocycles. The quantitative estimate of drug-likeness (QED) is 0.867. The normalized spacial score (nSPS) is 16.7. The lowest BCUT2D eigenvalue weighted by Gasteiger charge is -2.25. The summed E-state index contributed by atoms with van der Waals surface area (Å²) in [6.45, 7) is 4.75. The van der Waals surface area contributed by atoms with E-state index in [1.165, 1.54) is 11.3 Å². The largest absolute Gasteiger partial charge is 0.493 e. The molecule has 0 saturated heterocycles. The van der Waals surface area contributed by atoms with E-state index in [9.17, 15) is 4.79 Å². The van der Waals surface area contributed by atoms with E-state index in [0.29, 0.717) is 41.4 Å². The average Bonchev–Trinajstić information content (AvgIpc) is 2.91. The number of carbonyl (C=O) groups excluding carboxylic acids is 1. The van der Waals surface area contributed by atoms with Gasteiger partial charge in [-0.3, -0.25) is 4.79 Å². The number of rotatable bonds is 5. The molecule has 3 N–H and O–H groups in total. The molecule has 0 unspecified atom stereocenters. The second-order valence-corrected chi connectivity index (χ2v) is 7.22. The van der Waals surface area contributed by atoms with Crippen molar-refractivity contribution >= 4 is 28.2 Å². The van der Waals surface area contributed by atoms with Crippen LogP contribution in [-0.2, 0) is 4.79 Å². The lowest BCUT2D eigenvalue weighted by atomic mass is 9.90. The fourth-order valence-electron chi connectivity index (χ4n) is 2.76. The zero-order chi connectivity index (χ0) is 17.3. The van der Waals surface area contributed by atoms with Crippen LogP contribution in [0.1, 0.15) is 36.6 Å². The first kappa shape index (κ1) is 16.6. The van der Waals surface area contributed by atoms with Gasteiger partial charge in [0, 0.05) is 17.9 Å². The summed E-state index contributed by atoms with van der Waals surface area (Å²) in [7, 11) is 1.62. The molecule has 0 spiro atoms. The molecule has 1 amide bonds. The summed E-state index contributed by atoms with van der Waals surface area (Å²) in [6, 6.07) is 5.75. The minimum Gasteiger partial charge on any atom is -0.493 e. The molecule has 0 fully saturated rings. The number of methoxy groups -OCH3 is 1. The van der Waals surface area contributed by atoms with Gasteiger partial charge in [0.15, 0.2) is 16.6 Å². The van der Waals surface area contributed by atoms with Crippen LogP contribution in [-0.4, -0.2) is 24.6 Å². The number of nitrogen functional groups attached to an aromatic ring is 1. The van der Waals surface area contributed by atoms with Gasteiger partial charge < -0.3 is 20.5 Å². The Balaban J connectivity index is 2.07. The van der Waals surface area contributed by atoms with Crippen LogP contribution in [0.5, 0.6) is 11.5 Å². The Morgan fingerprint density at radius 1 is 1.46 bits per heavy atom. The van der Waals surface area contributed by atoms with Crippen LogP contribution in [0.2, 0.25) is 0 Å². The Hall–Kier alpha value is -2.28. The smallest absolute Gasteiger partial charge is 0.226 e. The SMILES string of the molecule is COc1cccc([C@@H]2CC(=O)Nc3nc(N)sc32)c1OCC(C)C. The molecule has 24 heavy (non-hydrogen) atoms. The van der Waals surface area contributed by atoms with Crippen LogP contribution < -0.4 is 20.5 Å². The molecular formula is C17H21N3O3S. The molecule has 1 atom stereocenters. The monoisotopic (exact) mass is 347 g/mol. The zero-order valence-electron chi connectivity index (χ0n) is 14.0. The van der Waals surface area contributed by atoms with Crippen molar-refractivity contribution in [2.24, 2.45) is 5.92 Å². The molecule has 7 heteroatoms. The van der Waals surface area contributed by atoms with E-state index in [0.717, 1.165) is 10.4 Å². The minimum atomic E-state index is -0.138. The third-order valence-electron chi connectivity index (χ3n) is 3.80. The number of carbonyl (C=O) groups is 1. The van der Waals surface area contributed by atoms with Crippen LogP contribution in [0.3, 0.4) is 0 Å². The summed E-state index contributed by atoms with van der Waals surface area (Å²) < 4.78 is 11.5. The van der Waals surface area contributed by atoms with Gasteiger partial charge in [0.25, 0.3) is 0 Å². The molecule has 0 radical (unpaired) electrons. The number of benzene rings is 1. The molecule has 0 aliphatic carbocycles. The number of hydrogen-bond acceptors (Lipinski definition) is 6. The van der Waals surface area contributed by atoms with Crippen molar-refractivity contribution in [3.8, 4) is 11.5 Å². The fourth-order valence-corrected chi connectivity index (χ4v) is 3.67. The number of fused-ring (bicyclic) bond motifs is 1. The number of para-hydroxylation sites is 1. The third-order valence-corrected chi connectivity index (χ3v) is 4.80. The van der Waals surface area contributed by atoms with Gasteiger partial charge >= 0.3 is 0 Å². The number of nitrogens with zero attached hydrogens (tertiary/aromatic N) is 1. The van der Waals surface area contributed by atoms with Gasteiger partial charge in [-0.2, -0.15) is 0 Å². The Kier molecular flexibility index (Phi) is 4.62. The molecule has 3 rings (SSSR count). The first-order chi connectivity index (χ1) is 11.5. The van der Waals surface area contributed by atoms with Crippen molar-refractivity contribution in [1.29, 1.82) is 0 Å². The summed E-state index contributed by atoms with van der Waals surface area (Å²) in [5.74, 6) is 2.07. The number of thiazole rings is 1. The summed E-state index contributed by atoms with van der Waals surface area (Å²) >= 11 is 1.40.